The van der Waals surface area contributed by atoms with Crippen LogP contribution in [-0.2, 0) is 12.8 Å². The fraction of sp³-hybridized carbons (Fsp3) is 0.750. The molecule has 0 saturated carbocycles. The Kier molecular flexibility index (Phi) is 4.46. The normalized spacial score (nSPS) is 12.0. The van der Waals surface area contributed by atoms with Crippen LogP contribution in [0.15, 0.2) is 0 Å². The molecule has 7 heteroatoms. The minimum atomic E-state index is -4.19. The monoisotopic (exact) mass is 239 g/mol. The first kappa shape index (κ1) is 12.4. The number of aromatic nitrogens is 2. The van der Waals surface area contributed by atoms with Gasteiger partial charge in [-0.2, -0.15) is 13.2 Å². The van der Waals surface area contributed by atoms with Gasteiger partial charge in [0.15, 0.2) is 0 Å². The van der Waals surface area contributed by atoms with E-state index in [4.69, 9.17) is 0 Å². The lowest BCUT2D eigenvalue weighted by molar-refractivity contribution is -0.127. The minimum Gasteiger partial charge on any atom is -0.320 e. The second-order valence-electron chi connectivity index (χ2n) is 3.09. The van der Waals surface area contributed by atoms with Crippen molar-refractivity contribution in [1.82, 2.24) is 15.5 Å². The number of hydrogen-bond acceptors (Lipinski definition) is 4. The van der Waals surface area contributed by atoms with Crippen molar-refractivity contribution in [2.75, 3.05) is 13.6 Å². The molecule has 0 radical (unpaired) electrons. The maximum Gasteiger partial charge on any atom is 0.395 e. The van der Waals surface area contributed by atoms with Gasteiger partial charge in [0.05, 0.1) is 6.42 Å². The zero-order chi connectivity index (χ0) is 11.3. The lowest BCUT2D eigenvalue weighted by Gasteiger charge is -2.00. The van der Waals surface area contributed by atoms with E-state index in [-0.39, 0.29) is 5.01 Å². The zero-order valence-electron chi connectivity index (χ0n) is 8.26. The van der Waals surface area contributed by atoms with E-state index in [0.717, 1.165) is 24.3 Å². The molecule has 0 aliphatic rings. The molecule has 0 aliphatic heterocycles. The van der Waals surface area contributed by atoms with Gasteiger partial charge in [0.25, 0.3) is 0 Å². The molecule has 0 atom stereocenters. The van der Waals surface area contributed by atoms with Gasteiger partial charge in [0, 0.05) is 6.42 Å². The molecule has 0 saturated heterocycles. The lowest BCUT2D eigenvalue weighted by Crippen LogP contribution is -2.11. The highest BCUT2D eigenvalue weighted by Crippen LogP contribution is 2.23. The van der Waals surface area contributed by atoms with Crippen molar-refractivity contribution in [3.05, 3.63) is 10.0 Å². The molecule has 0 aliphatic carbocycles. The molecule has 1 N–H and O–H groups in total. The smallest absolute Gasteiger partial charge is 0.320 e. The summed E-state index contributed by atoms with van der Waals surface area (Å²) >= 11 is 1.04. The van der Waals surface area contributed by atoms with Gasteiger partial charge in [-0.05, 0) is 20.0 Å². The third-order valence-electron chi connectivity index (χ3n) is 1.68. The van der Waals surface area contributed by atoms with E-state index in [0.29, 0.717) is 11.4 Å². The van der Waals surface area contributed by atoms with Gasteiger partial charge < -0.3 is 5.32 Å². The highest BCUT2D eigenvalue weighted by atomic mass is 32.1. The molecule has 0 bridgehead atoms. The average molecular weight is 239 g/mol. The van der Waals surface area contributed by atoms with Crippen LogP contribution >= 0.6 is 11.3 Å². The van der Waals surface area contributed by atoms with Gasteiger partial charge in [-0.1, -0.05) is 0 Å². The number of hydrogen-bond donors (Lipinski definition) is 1. The maximum absolute atomic E-state index is 12.0. The van der Waals surface area contributed by atoms with Gasteiger partial charge in [-0.15, -0.1) is 21.5 Å². The van der Waals surface area contributed by atoms with E-state index in [1.165, 1.54) is 0 Å². The quantitative estimate of drug-likeness (QED) is 0.796. The van der Waals surface area contributed by atoms with Crippen LogP contribution in [0.3, 0.4) is 0 Å². The summed E-state index contributed by atoms with van der Waals surface area (Å²) in [6, 6.07) is 0. The molecule has 1 heterocycles. The fourth-order valence-corrected chi connectivity index (χ4v) is 1.97. The second kappa shape index (κ2) is 5.41. The van der Waals surface area contributed by atoms with Crippen LogP contribution in [0.2, 0.25) is 0 Å². The van der Waals surface area contributed by atoms with Crippen molar-refractivity contribution in [3.8, 4) is 0 Å². The number of aryl methyl sites for hydroxylation is 1. The first-order valence-corrected chi connectivity index (χ1v) is 5.35. The molecule has 1 rings (SSSR count). The van der Waals surface area contributed by atoms with Crippen molar-refractivity contribution in [2.45, 2.75) is 25.4 Å². The van der Waals surface area contributed by atoms with Crippen LogP contribution in [0.5, 0.6) is 0 Å². The van der Waals surface area contributed by atoms with E-state index < -0.39 is 12.6 Å². The Labute approximate surface area is 89.7 Å². The van der Waals surface area contributed by atoms with Crippen LogP contribution in [0.4, 0.5) is 13.2 Å². The van der Waals surface area contributed by atoms with Crippen molar-refractivity contribution >= 4 is 11.3 Å². The highest BCUT2D eigenvalue weighted by Gasteiger charge is 2.29. The molecular weight excluding hydrogens is 227 g/mol. The van der Waals surface area contributed by atoms with Crippen LogP contribution in [0.25, 0.3) is 0 Å². The van der Waals surface area contributed by atoms with Crippen molar-refractivity contribution in [1.29, 1.82) is 0 Å². The second-order valence-corrected chi connectivity index (χ2v) is 4.24. The molecule has 0 fully saturated rings. The Bertz CT molecular complexity index is 298. The van der Waals surface area contributed by atoms with E-state index in [9.17, 15) is 13.2 Å². The minimum absolute atomic E-state index is 0.0435. The van der Waals surface area contributed by atoms with Gasteiger partial charge in [0.2, 0.25) is 0 Å². The average Bonchev–Trinajstić information content (AvgIpc) is 2.50. The van der Waals surface area contributed by atoms with Crippen molar-refractivity contribution in [2.24, 2.45) is 0 Å². The number of rotatable bonds is 5. The molecule has 0 unspecified atom stereocenters. The highest BCUT2D eigenvalue weighted by molar-refractivity contribution is 7.11. The Morgan fingerprint density at radius 1 is 1.27 bits per heavy atom. The summed E-state index contributed by atoms with van der Waals surface area (Å²) in [5, 5.41) is 10.9. The number of halogens is 3. The zero-order valence-corrected chi connectivity index (χ0v) is 9.08. The van der Waals surface area contributed by atoms with E-state index >= 15 is 0 Å². The lowest BCUT2D eigenvalue weighted by atomic mass is 10.3. The Balaban J connectivity index is 2.42. The van der Waals surface area contributed by atoms with E-state index in [2.05, 4.69) is 15.5 Å². The Morgan fingerprint density at radius 2 is 1.93 bits per heavy atom. The van der Waals surface area contributed by atoms with Gasteiger partial charge in [0.1, 0.15) is 10.0 Å². The molecule has 86 valence electrons. The molecule has 0 aromatic carbocycles. The predicted octanol–water partition coefficient (Wildman–Crippen LogP) is 1.79. The van der Waals surface area contributed by atoms with E-state index in [1.54, 1.807) is 0 Å². The summed E-state index contributed by atoms with van der Waals surface area (Å²) in [4.78, 5) is 0. The Morgan fingerprint density at radius 3 is 2.53 bits per heavy atom. The van der Waals surface area contributed by atoms with Crippen LogP contribution in [-0.4, -0.2) is 30.0 Å². The molecule has 15 heavy (non-hydrogen) atoms. The first-order valence-electron chi connectivity index (χ1n) is 4.54. The molecular formula is C8H12F3N3S. The summed E-state index contributed by atoms with van der Waals surface area (Å²) in [6.45, 7) is 0.828. The summed E-state index contributed by atoms with van der Waals surface area (Å²) in [5.74, 6) is 0. The third kappa shape index (κ3) is 5.08. The fourth-order valence-electron chi connectivity index (χ4n) is 1.05. The van der Waals surface area contributed by atoms with Gasteiger partial charge in [-0.25, -0.2) is 0 Å². The molecule has 1 aromatic heterocycles. The largest absolute Gasteiger partial charge is 0.395 e. The third-order valence-corrected chi connectivity index (χ3v) is 2.66. The van der Waals surface area contributed by atoms with Crippen molar-refractivity contribution < 1.29 is 13.2 Å². The summed E-state index contributed by atoms with van der Waals surface area (Å²) < 4.78 is 36.0. The summed E-state index contributed by atoms with van der Waals surface area (Å²) in [7, 11) is 1.83. The number of nitrogens with one attached hydrogen (secondary N) is 1. The molecule has 3 nitrogen and oxygen atoms in total. The maximum atomic E-state index is 12.0. The molecule has 0 amide bonds. The molecule has 0 spiro atoms. The SMILES string of the molecule is CNCCCc1nnc(CC(F)(F)F)s1. The standard InChI is InChI=1S/C8H12F3N3S/c1-12-4-2-3-6-13-14-7(15-6)5-8(9,10)11/h12H,2-5H2,1H3. The predicted molar refractivity (Wildman–Crippen MR) is 51.9 cm³/mol. The summed E-state index contributed by atoms with van der Waals surface area (Å²) in [6.07, 6.45) is -3.63. The van der Waals surface area contributed by atoms with E-state index in [1.807, 2.05) is 7.05 Å². The van der Waals surface area contributed by atoms with Gasteiger partial charge >= 0.3 is 6.18 Å². The number of alkyl halides is 3. The van der Waals surface area contributed by atoms with Crippen LogP contribution in [0, 0.1) is 0 Å². The first-order chi connectivity index (χ1) is 7.01. The Hall–Kier alpha value is -0.690. The number of nitrogens with zero attached hydrogens (tertiary/aromatic N) is 2. The van der Waals surface area contributed by atoms with Gasteiger partial charge in [-0.3, -0.25) is 0 Å². The molecule has 1 aromatic rings. The summed E-state index contributed by atoms with van der Waals surface area (Å²) in [5.41, 5.74) is 0. The topological polar surface area (TPSA) is 37.8 Å². The van der Waals surface area contributed by atoms with Crippen LogP contribution in [0.1, 0.15) is 16.4 Å². The van der Waals surface area contributed by atoms with Crippen molar-refractivity contribution in [3.63, 3.8) is 0 Å². The van der Waals surface area contributed by atoms with Crippen LogP contribution < -0.4 is 5.32 Å².